The summed E-state index contributed by atoms with van der Waals surface area (Å²) < 4.78 is 24.2. The van der Waals surface area contributed by atoms with E-state index in [1.165, 1.54) is 19.2 Å². The van der Waals surface area contributed by atoms with Crippen molar-refractivity contribution >= 4 is 71.6 Å². The summed E-state index contributed by atoms with van der Waals surface area (Å²) in [5, 5.41) is 0. The van der Waals surface area contributed by atoms with Crippen molar-refractivity contribution in [2.24, 2.45) is 0 Å². The summed E-state index contributed by atoms with van der Waals surface area (Å²) >= 11 is 7.39. The van der Waals surface area contributed by atoms with Crippen LogP contribution < -0.4 is 0 Å². The third-order valence-electron chi connectivity index (χ3n) is 4.35. The van der Waals surface area contributed by atoms with Crippen molar-refractivity contribution in [1.82, 2.24) is 0 Å². The van der Waals surface area contributed by atoms with E-state index >= 15 is 0 Å². The molecule has 1 aliphatic rings. The van der Waals surface area contributed by atoms with E-state index in [1.54, 1.807) is 24.3 Å². The molecule has 0 fully saturated rings. The quantitative estimate of drug-likeness (QED) is 0.197. The summed E-state index contributed by atoms with van der Waals surface area (Å²) in [6, 6.07) is 11.5. The molecule has 2 aromatic carbocycles. The van der Waals surface area contributed by atoms with Gasteiger partial charge in [0.1, 0.15) is 11.4 Å². The second-order valence-corrected chi connectivity index (χ2v) is 41.2. The molecule has 0 radical (unpaired) electrons. The summed E-state index contributed by atoms with van der Waals surface area (Å²) in [4.78, 5) is 14.8. The van der Waals surface area contributed by atoms with Crippen LogP contribution in [0.15, 0.2) is 42.5 Å². The van der Waals surface area contributed by atoms with E-state index in [0.717, 1.165) is 16.7 Å². The topological polar surface area (TPSA) is 39.9 Å². The molecule has 1 aliphatic heterocycles. The van der Waals surface area contributed by atoms with Crippen LogP contribution in [-0.2, 0) is 31.4 Å². The zero-order valence-corrected chi connectivity index (χ0v) is 22.7. The number of hydrogen-bond acceptors (Lipinski definition) is 3. The van der Waals surface area contributed by atoms with Crippen LogP contribution in [-0.4, -0.2) is 13.1 Å². The molecule has 0 N–H and O–H groups in total. The molecule has 0 bridgehead atoms. The van der Waals surface area contributed by atoms with Crippen molar-refractivity contribution in [2.75, 3.05) is 7.11 Å². The fourth-order valence-electron chi connectivity index (χ4n) is 3.13. The summed E-state index contributed by atoms with van der Waals surface area (Å²) in [6.45, 7) is 7.48. The van der Waals surface area contributed by atoms with E-state index in [0.29, 0.717) is 18.7 Å². The molecule has 0 aliphatic carbocycles. The Morgan fingerprint density at radius 1 is 1.29 bits per heavy atom. The van der Waals surface area contributed by atoms with Gasteiger partial charge in [-0.15, -0.1) is 0 Å². The number of methoxy groups -OCH3 is 1. The first kappa shape index (κ1) is 24.3. The minimum atomic E-state index is -0.836. The maximum absolute atomic E-state index is 13.3. The van der Waals surface area contributed by atoms with Gasteiger partial charge in [0.2, 0.25) is 0 Å². The molecule has 1 unspecified atom stereocenters. The van der Waals surface area contributed by atoms with Crippen LogP contribution >= 0.6 is 59.9 Å². The predicted octanol–water partition coefficient (Wildman–Crippen LogP) is 6.76. The van der Waals surface area contributed by atoms with Crippen LogP contribution in [0.2, 0.25) is 0 Å². The fraction of sp³-hybridized carbons (Fsp3) is 0.263. The fourth-order valence-corrected chi connectivity index (χ4v) is 3.13. The Labute approximate surface area is 201 Å². The van der Waals surface area contributed by atoms with Crippen molar-refractivity contribution < 1.29 is 23.6 Å². The molecule has 1 atom stereocenters. The summed E-state index contributed by atoms with van der Waals surface area (Å²) in [7, 11) is 1.35. The Balaban J connectivity index is 0.000000640. The van der Waals surface area contributed by atoms with Gasteiger partial charge in [-0.05, 0) is 35.2 Å². The van der Waals surface area contributed by atoms with Gasteiger partial charge >= 0.3 is 70.8 Å². The molecule has 0 saturated heterocycles. The van der Waals surface area contributed by atoms with E-state index < -0.39 is 5.60 Å². The monoisotopic (exact) mass is 757 g/mol. The Morgan fingerprint density at radius 3 is 2.50 bits per heavy atom. The third-order valence-corrected chi connectivity index (χ3v) is 4.35. The molecule has 28 heavy (non-hydrogen) atoms. The normalized spacial score (nSPS) is 17.3. The van der Waals surface area contributed by atoms with E-state index in [-0.39, 0.29) is 23.1 Å². The van der Waals surface area contributed by atoms with E-state index in [9.17, 15) is 9.18 Å². The van der Waals surface area contributed by atoms with E-state index in [4.69, 9.17) is 16.0 Å². The number of carbonyl (C=O) groups excluding carboxylic acids is 1. The number of carbonyl (C=O) groups is 1. The second kappa shape index (κ2) is 11.5. The van der Waals surface area contributed by atoms with E-state index in [2.05, 4.69) is 64.8 Å². The van der Waals surface area contributed by atoms with Gasteiger partial charge in [0, 0.05) is 6.42 Å². The molecule has 2 aromatic rings. The Morgan fingerprint density at radius 2 is 1.93 bits per heavy atom. The van der Waals surface area contributed by atoms with E-state index in [1.807, 2.05) is 6.07 Å². The first-order chi connectivity index (χ1) is 13.3. The van der Waals surface area contributed by atoms with Crippen molar-refractivity contribution in [1.29, 1.82) is 0 Å². The molecule has 0 amide bonds. The number of rotatable bonds is 4. The number of ether oxygens (including phenoxy) is 2. The zero-order valence-electron chi connectivity index (χ0n) is 14.8. The van der Waals surface area contributed by atoms with Gasteiger partial charge in [0.05, 0.1) is 20.3 Å². The Hall–Kier alpha value is 0.0644. The maximum atomic E-state index is 13.3. The standard InChI is InChI=1S/C19H16FNO3.3HI.V/c1-21-16-7-8-17-13(11-16)12-24-19(17,10-9-18(22)23-2)14-3-5-15(20)6-4-14;;;;/h3-8,11H,9-10,12H2,2H3;3*1H;/q;;;;+3/p-3. The van der Waals surface area contributed by atoms with Crippen molar-refractivity contribution in [3.63, 3.8) is 0 Å². The van der Waals surface area contributed by atoms with Crippen LogP contribution in [0.1, 0.15) is 29.5 Å². The van der Waals surface area contributed by atoms with Crippen molar-refractivity contribution in [3.8, 4) is 0 Å². The first-order valence-corrected chi connectivity index (χ1v) is 21.6. The Kier molecular flexibility index (Phi) is 9.96. The molecule has 0 spiro atoms. The summed E-state index contributed by atoms with van der Waals surface area (Å²) in [5.41, 5.74) is 2.31. The molecule has 3 rings (SSSR count). The van der Waals surface area contributed by atoms with Crippen molar-refractivity contribution in [2.45, 2.75) is 25.0 Å². The van der Waals surface area contributed by atoms with Crippen LogP contribution in [0, 0.1) is 12.4 Å². The number of nitrogens with zero attached hydrogens (tertiary/aromatic N) is 1. The number of esters is 1. The van der Waals surface area contributed by atoms with Gasteiger partial charge in [0.25, 0.3) is 0 Å². The van der Waals surface area contributed by atoms with Gasteiger partial charge in [-0.1, -0.05) is 30.3 Å². The molecular weight excluding hydrogens is 741 g/mol. The summed E-state index contributed by atoms with van der Waals surface area (Å²) in [6.07, 6.45) is 0.563. The minimum absolute atomic E-state index is 0.178. The average molecular weight is 757 g/mol. The third kappa shape index (κ3) is 6.28. The predicted molar refractivity (Wildman–Crippen MR) is 128 cm³/mol. The van der Waals surface area contributed by atoms with Crippen LogP contribution in [0.3, 0.4) is 0 Å². The number of halogens is 4. The average Bonchev–Trinajstić information content (AvgIpc) is 3.05. The van der Waals surface area contributed by atoms with Gasteiger partial charge < -0.3 is 9.47 Å². The molecule has 9 heteroatoms. The second-order valence-electron chi connectivity index (χ2n) is 5.84. The van der Waals surface area contributed by atoms with Crippen LogP contribution in [0.5, 0.6) is 0 Å². The molecule has 148 valence electrons. The van der Waals surface area contributed by atoms with Gasteiger partial charge in [-0.25, -0.2) is 9.24 Å². The molecule has 4 nitrogen and oxygen atoms in total. The molecular formula is C19H16FI3NO3V. The number of hydrogen-bond donors (Lipinski definition) is 0. The SMILES string of the molecule is [C-]#[N+]c1ccc2c(c1)COC2(CCC(=O)OC)c1ccc(F)cc1.[I][V]([I])[I]. The zero-order chi connectivity index (χ0) is 20.7. The molecule has 1 heterocycles. The molecule has 0 saturated carbocycles. The van der Waals surface area contributed by atoms with Gasteiger partial charge in [0.15, 0.2) is 5.69 Å². The Bertz CT molecular complexity index is 871. The van der Waals surface area contributed by atoms with Crippen LogP contribution in [0.4, 0.5) is 10.1 Å². The van der Waals surface area contributed by atoms with Gasteiger partial charge in [-0.2, -0.15) is 0 Å². The van der Waals surface area contributed by atoms with Crippen molar-refractivity contribution in [3.05, 3.63) is 76.4 Å². The van der Waals surface area contributed by atoms with Gasteiger partial charge in [-0.3, -0.25) is 4.79 Å². The first-order valence-electron chi connectivity index (χ1n) is 8.07. The number of fused-ring (bicyclic) bond motifs is 1. The number of benzene rings is 2. The molecule has 0 aromatic heterocycles. The van der Waals surface area contributed by atoms with Crippen LogP contribution in [0.25, 0.3) is 4.85 Å². The summed E-state index contributed by atoms with van der Waals surface area (Å²) in [5.74, 6) is -0.658.